The number of Topliss-reactive ketones (excluding diaryl/α,β-unsaturated/α-hetero) is 1. The molecule has 0 saturated heterocycles. The number of anilines is 1. The summed E-state index contributed by atoms with van der Waals surface area (Å²) in [5.41, 5.74) is 3.68. The van der Waals surface area contributed by atoms with Crippen molar-refractivity contribution in [2.24, 2.45) is 0 Å². The Bertz CT molecular complexity index is 822. The molecule has 26 heavy (non-hydrogen) atoms. The van der Waals surface area contributed by atoms with Crippen LogP contribution in [0.15, 0.2) is 30.3 Å². The van der Waals surface area contributed by atoms with Crippen LogP contribution in [0, 0.1) is 13.8 Å². The number of carbonyl (C=O) groups excluding carboxylic acids is 2. The summed E-state index contributed by atoms with van der Waals surface area (Å²) in [5, 5.41) is 3.45. The van der Waals surface area contributed by atoms with Gasteiger partial charge in [0, 0.05) is 33.7 Å². The van der Waals surface area contributed by atoms with Gasteiger partial charge in [0.05, 0.1) is 7.05 Å². The molecule has 1 fully saturated rings. The lowest BCUT2D eigenvalue weighted by Crippen LogP contribution is -3.11. The molecule has 3 rings (SSSR count). The fraction of sp³-hybridized carbons (Fsp3) is 0.400. The van der Waals surface area contributed by atoms with E-state index in [1.165, 1.54) is 12.8 Å². The topological polar surface area (TPSA) is 55.5 Å². The molecule has 1 amide bonds. The van der Waals surface area contributed by atoms with Crippen LogP contribution >= 0.6 is 11.6 Å². The fourth-order valence-electron chi connectivity index (χ4n) is 3.40. The van der Waals surface area contributed by atoms with E-state index in [0.29, 0.717) is 23.3 Å². The molecule has 5 nitrogen and oxygen atoms in total. The number of aromatic nitrogens is 1. The number of quaternary nitrogens is 1. The van der Waals surface area contributed by atoms with Crippen molar-refractivity contribution < 1.29 is 14.5 Å². The van der Waals surface area contributed by atoms with Crippen molar-refractivity contribution in [2.45, 2.75) is 32.7 Å². The van der Waals surface area contributed by atoms with Crippen molar-refractivity contribution in [1.82, 2.24) is 4.57 Å². The average Bonchev–Trinajstić information content (AvgIpc) is 3.34. The first kappa shape index (κ1) is 18.7. The summed E-state index contributed by atoms with van der Waals surface area (Å²) in [6.07, 6.45) is 2.39. The number of hydrogen-bond donors (Lipinski definition) is 2. The molecular weight excluding hydrogens is 350 g/mol. The molecule has 1 aliphatic rings. The van der Waals surface area contributed by atoms with Gasteiger partial charge in [0.15, 0.2) is 6.54 Å². The number of carbonyl (C=O) groups is 2. The van der Waals surface area contributed by atoms with Gasteiger partial charge in [-0.25, -0.2) is 0 Å². The Labute approximate surface area is 158 Å². The Morgan fingerprint density at radius 3 is 2.46 bits per heavy atom. The van der Waals surface area contributed by atoms with Crippen LogP contribution in [0.2, 0.25) is 5.02 Å². The van der Waals surface area contributed by atoms with Crippen LogP contribution in [0.1, 0.15) is 40.6 Å². The van der Waals surface area contributed by atoms with Crippen LogP contribution in [0.4, 0.5) is 5.69 Å². The largest absolute Gasteiger partial charge is 0.345 e. The van der Waals surface area contributed by atoms with Crippen molar-refractivity contribution in [3.8, 4) is 0 Å². The minimum Gasteiger partial charge on any atom is -0.345 e. The number of benzene rings is 1. The second-order valence-corrected chi connectivity index (χ2v) is 7.61. The highest BCUT2D eigenvalue weighted by atomic mass is 35.5. The third kappa shape index (κ3) is 4.34. The van der Waals surface area contributed by atoms with E-state index in [9.17, 15) is 9.59 Å². The zero-order valence-electron chi connectivity index (χ0n) is 15.4. The highest BCUT2D eigenvalue weighted by molar-refractivity contribution is 6.30. The molecule has 2 N–H and O–H groups in total. The van der Waals surface area contributed by atoms with E-state index in [4.69, 9.17) is 11.6 Å². The Hall–Kier alpha value is -2.11. The number of ketones is 1. The maximum Gasteiger partial charge on any atom is 0.279 e. The summed E-state index contributed by atoms with van der Waals surface area (Å²) < 4.78 is 2.27. The lowest BCUT2D eigenvalue weighted by Gasteiger charge is -2.13. The highest BCUT2D eigenvalue weighted by Gasteiger charge is 2.29. The number of amides is 1. The molecule has 0 aliphatic heterocycles. The summed E-state index contributed by atoms with van der Waals surface area (Å²) in [5.74, 6) is -0.0390. The van der Waals surface area contributed by atoms with E-state index in [1.54, 1.807) is 24.3 Å². The lowest BCUT2D eigenvalue weighted by molar-refractivity contribution is -0.861. The van der Waals surface area contributed by atoms with Crippen LogP contribution in [0.3, 0.4) is 0 Å². The Morgan fingerprint density at radius 2 is 1.85 bits per heavy atom. The second kappa shape index (κ2) is 7.64. The number of rotatable bonds is 7. The van der Waals surface area contributed by atoms with Gasteiger partial charge >= 0.3 is 0 Å². The van der Waals surface area contributed by atoms with Crippen LogP contribution in [0.5, 0.6) is 0 Å². The van der Waals surface area contributed by atoms with Gasteiger partial charge in [0.25, 0.3) is 5.91 Å². The van der Waals surface area contributed by atoms with E-state index in [1.807, 2.05) is 20.0 Å². The zero-order valence-corrected chi connectivity index (χ0v) is 16.2. The predicted molar refractivity (Wildman–Crippen MR) is 103 cm³/mol. The number of nitrogens with zero attached hydrogens (tertiary/aromatic N) is 1. The number of aryl methyl sites for hydroxylation is 1. The normalized spacial score (nSPS) is 14.9. The Balaban J connectivity index is 1.56. The summed E-state index contributed by atoms with van der Waals surface area (Å²) in [6, 6.07) is 9.52. The lowest BCUT2D eigenvalue weighted by atomic mass is 10.1. The molecule has 2 aromatic rings. The number of hydrogen-bond acceptors (Lipinski definition) is 2. The van der Waals surface area contributed by atoms with Gasteiger partial charge in [0.1, 0.15) is 6.54 Å². The predicted octanol–water partition coefficient (Wildman–Crippen LogP) is 2.43. The zero-order chi connectivity index (χ0) is 18.8. The van der Waals surface area contributed by atoms with E-state index < -0.39 is 0 Å². The molecule has 0 spiro atoms. The summed E-state index contributed by atoms with van der Waals surface area (Å²) in [7, 11) is 1.86. The molecule has 1 aromatic carbocycles. The van der Waals surface area contributed by atoms with Crippen LogP contribution < -0.4 is 10.2 Å². The maximum absolute atomic E-state index is 12.7. The highest BCUT2D eigenvalue weighted by Crippen LogP contribution is 2.38. The summed E-state index contributed by atoms with van der Waals surface area (Å²) in [6.45, 7) is 4.60. The number of nitrogens with one attached hydrogen (secondary N) is 2. The van der Waals surface area contributed by atoms with E-state index in [2.05, 4.69) is 16.8 Å². The molecule has 1 aromatic heterocycles. The minimum absolute atomic E-state index is 0.0850. The molecule has 1 atom stereocenters. The number of likely N-dealkylation sites (N-methyl/N-ethyl adjacent to an activating group) is 1. The second-order valence-electron chi connectivity index (χ2n) is 7.17. The van der Waals surface area contributed by atoms with Gasteiger partial charge < -0.3 is 14.8 Å². The van der Waals surface area contributed by atoms with Crippen LogP contribution in [0.25, 0.3) is 0 Å². The molecule has 138 valence electrons. The molecule has 0 bridgehead atoms. The van der Waals surface area contributed by atoms with Crippen LogP contribution in [-0.4, -0.2) is 36.4 Å². The molecule has 1 aliphatic carbocycles. The molecule has 1 heterocycles. The first-order valence-corrected chi connectivity index (χ1v) is 9.31. The standard InChI is InChI=1S/C20H24ClN3O2/c1-13-10-18(14(2)24(13)17-8-9-17)19(25)11-23(3)12-20(26)22-16-6-4-15(21)5-7-16/h4-7,10,17H,8-9,11-12H2,1-3H3,(H,22,26)/p+1. The van der Waals surface area contributed by atoms with E-state index in [-0.39, 0.29) is 18.2 Å². The third-order valence-electron chi connectivity index (χ3n) is 4.75. The fourth-order valence-corrected chi connectivity index (χ4v) is 3.52. The number of halogens is 1. The van der Waals surface area contributed by atoms with Gasteiger partial charge in [-0.05, 0) is 57.0 Å². The Morgan fingerprint density at radius 1 is 1.19 bits per heavy atom. The van der Waals surface area contributed by atoms with Crippen molar-refractivity contribution in [3.63, 3.8) is 0 Å². The van der Waals surface area contributed by atoms with E-state index in [0.717, 1.165) is 21.9 Å². The maximum atomic E-state index is 12.7. The van der Waals surface area contributed by atoms with Gasteiger partial charge in [-0.1, -0.05) is 11.6 Å². The SMILES string of the molecule is Cc1cc(C(=O)C[NH+](C)CC(=O)Nc2ccc(Cl)cc2)c(C)n1C1CC1. The molecule has 1 saturated carbocycles. The first-order chi connectivity index (χ1) is 12.3. The quantitative estimate of drug-likeness (QED) is 0.731. The van der Waals surface area contributed by atoms with Crippen molar-refractivity contribution in [1.29, 1.82) is 0 Å². The van der Waals surface area contributed by atoms with E-state index >= 15 is 0 Å². The third-order valence-corrected chi connectivity index (χ3v) is 5.00. The smallest absolute Gasteiger partial charge is 0.279 e. The molecular formula is C20H25ClN3O2+. The minimum atomic E-state index is -0.124. The van der Waals surface area contributed by atoms with Crippen LogP contribution in [-0.2, 0) is 4.79 Å². The Kier molecular flexibility index (Phi) is 5.49. The van der Waals surface area contributed by atoms with Crippen molar-refractivity contribution in [2.75, 3.05) is 25.5 Å². The average molecular weight is 375 g/mol. The van der Waals surface area contributed by atoms with Gasteiger partial charge in [-0.15, -0.1) is 0 Å². The van der Waals surface area contributed by atoms with Gasteiger partial charge in [-0.2, -0.15) is 0 Å². The molecule has 6 heteroatoms. The molecule has 0 radical (unpaired) electrons. The van der Waals surface area contributed by atoms with Crippen molar-refractivity contribution in [3.05, 3.63) is 52.3 Å². The van der Waals surface area contributed by atoms with Gasteiger partial charge in [-0.3, -0.25) is 9.59 Å². The monoisotopic (exact) mass is 374 g/mol. The summed E-state index contributed by atoms with van der Waals surface area (Å²) in [4.78, 5) is 25.7. The first-order valence-electron chi connectivity index (χ1n) is 8.93. The molecule has 1 unspecified atom stereocenters. The van der Waals surface area contributed by atoms with Gasteiger partial charge in [0.2, 0.25) is 5.78 Å². The van der Waals surface area contributed by atoms with Crippen molar-refractivity contribution >= 4 is 29.0 Å². The summed E-state index contributed by atoms with van der Waals surface area (Å²) >= 11 is 5.84.